The van der Waals surface area contributed by atoms with E-state index < -0.39 is 75.6 Å². The Bertz CT molecular complexity index is 1570. The first-order valence-corrected chi connectivity index (χ1v) is 15.3. The highest BCUT2D eigenvalue weighted by Crippen LogP contribution is 2.43. The molecule has 6 nitrogen and oxygen atoms in total. The Morgan fingerprint density at radius 3 is 2.04 bits per heavy atom. The van der Waals surface area contributed by atoms with E-state index in [2.05, 4.69) is 0 Å². The van der Waals surface area contributed by atoms with E-state index in [1.54, 1.807) is 13.8 Å². The second kappa shape index (κ2) is 12.6. The molecular weight excluding hydrogens is 662 g/mol. The van der Waals surface area contributed by atoms with Gasteiger partial charge in [-0.25, -0.2) is 12.8 Å². The molecule has 0 spiro atoms. The molecule has 2 atom stereocenters. The molecule has 1 fully saturated rings. The van der Waals surface area contributed by atoms with Crippen molar-refractivity contribution in [2.24, 2.45) is 0 Å². The summed E-state index contributed by atoms with van der Waals surface area (Å²) in [5.74, 6) is -0.881. The Morgan fingerprint density at radius 2 is 1.54 bits per heavy atom. The van der Waals surface area contributed by atoms with Crippen LogP contribution in [0.3, 0.4) is 0 Å². The third-order valence-electron chi connectivity index (χ3n) is 8.07. The van der Waals surface area contributed by atoms with Crippen molar-refractivity contribution in [3.63, 3.8) is 0 Å². The molecule has 2 aromatic rings. The molecule has 2 heterocycles. The van der Waals surface area contributed by atoms with Crippen LogP contribution in [0.5, 0.6) is 5.75 Å². The smallest absolute Gasteiger partial charge is 0.496 e. The number of alkyl halides is 9. The van der Waals surface area contributed by atoms with Crippen LogP contribution in [0, 0.1) is 5.82 Å². The highest BCUT2D eigenvalue weighted by atomic mass is 32.2. The highest BCUT2D eigenvalue weighted by molar-refractivity contribution is 7.90. The van der Waals surface area contributed by atoms with Gasteiger partial charge in [-0.3, -0.25) is 4.90 Å². The van der Waals surface area contributed by atoms with Crippen molar-refractivity contribution in [1.29, 1.82) is 0 Å². The lowest BCUT2D eigenvalue weighted by Crippen LogP contribution is -2.45. The molecule has 17 heteroatoms. The van der Waals surface area contributed by atoms with Gasteiger partial charge in [-0.1, -0.05) is 13.8 Å². The van der Waals surface area contributed by atoms with E-state index >= 15 is 0 Å². The molecule has 0 bridgehead atoms. The van der Waals surface area contributed by atoms with Crippen molar-refractivity contribution in [3.05, 3.63) is 69.5 Å². The van der Waals surface area contributed by atoms with E-state index in [1.165, 1.54) is 25.0 Å². The molecule has 2 aliphatic rings. The van der Waals surface area contributed by atoms with Crippen LogP contribution >= 0.6 is 0 Å². The molecule has 0 N–H and O–H groups in total. The van der Waals surface area contributed by atoms with Gasteiger partial charge in [0.2, 0.25) is 0 Å². The Labute approximate surface area is 258 Å². The minimum absolute atomic E-state index is 0.0167. The predicted octanol–water partition coefficient (Wildman–Crippen LogP) is 7.72. The molecule has 0 saturated carbocycles. The molecule has 256 valence electrons. The monoisotopic (exact) mass is 692 g/mol. The topological polar surface area (TPSA) is 59.1 Å². The number of sulfonamides is 1. The molecule has 1 saturated heterocycles. The summed E-state index contributed by atoms with van der Waals surface area (Å²) in [6.07, 6.45) is -11.7. The zero-order valence-electron chi connectivity index (χ0n) is 24.9. The van der Waals surface area contributed by atoms with Crippen molar-refractivity contribution >= 4 is 15.6 Å². The molecule has 0 unspecified atom stereocenters. The van der Waals surface area contributed by atoms with Gasteiger partial charge in [-0.2, -0.15) is 43.8 Å². The first-order valence-electron chi connectivity index (χ1n) is 13.9. The second-order valence-corrected chi connectivity index (χ2v) is 13.3. The number of benzene rings is 2. The first kappa shape index (κ1) is 36.0. The molecule has 0 radical (unpaired) electrons. The van der Waals surface area contributed by atoms with Crippen LogP contribution < -0.4 is 4.74 Å². The zero-order chi connectivity index (χ0) is 34.6. The molecule has 4 rings (SSSR count). The Kier molecular flexibility index (Phi) is 9.86. The fraction of sp³-hybridized carbons (Fsp3) is 0.517. The van der Waals surface area contributed by atoms with Gasteiger partial charge in [0.25, 0.3) is 0 Å². The van der Waals surface area contributed by atoms with Crippen LogP contribution in [0.2, 0.25) is 0 Å². The lowest BCUT2D eigenvalue weighted by atomic mass is 9.89. The van der Waals surface area contributed by atoms with Crippen molar-refractivity contribution in [3.8, 4) is 5.75 Å². The van der Waals surface area contributed by atoms with Gasteiger partial charge in [0.05, 0.1) is 24.3 Å². The van der Waals surface area contributed by atoms with Gasteiger partial charge in [-0.15, -0.1) is 0 Å². The Morgan fingerprint density at radius 1 is 0.957 bits per heavy atom. The lowest BCUT2D eigenvalue weighted by molar-refractivity contribution is -0.143. The molecule has 0 aromatic heterocycles. The van der Waals surface area contributed by atoms with E-state index in [-0.39, 0.29) is 52.9 Å². The van der Waals surface area contributed by atoms with Gasteiger partial charge >= 0.3 is 27.9 Å². The quantitative estimate of drug-likeness (QED) is 0.278. The van der Waals surface area contributed by atoms with Gasteiger partial charge in [-0.05, 0) is 65.8 Å². The number of halogens is 10. The standard InChI is InChI=1S/C29H30F10N2O4S/c1-15(2)22-10-23(25(44-4)11-24(22)30)21-5-6-41(46(42,43)29(37,38)39)13-18(21)12-40-14-45-26(16(40)3)17-7-19(27(31,32)33)9-20(8-17)28(34,35)36/h7-11,15-16,26H,5-6,12-14H2,1-4H3/t16-,26-/m0/s1. The molecule has 2 aromatic carbocycles. The first-order chi connectivity index (χ1) is 21.1. The maximum atomic E-state index is 14.8. The van der Waals surface area contributed by atoms with Crippen molar-refractivity contribution in [1.82, 2.24) is 9.21 Å². The van der Waals surface area contributed by atoms with Gasteiger partial charge in [0.15, 0.2) is 0 Å². The summed E-state index contributed by atoms with van der Waals surface area (Å²) in [4.78, 5) is 1.45. The maximum absolute atomic E-state index is 14.8. The number of nitrogens with zero attached hydrogens (tertiary/aromatic N) is 2. The van der Waals surface area contributed by atoms with E-state index in [4.69, 9.17) is 9.47 Å². The zero-order valence-corrected chi connectivity index (χ0v) is 25.7. The summed E-state index contributed by atoms with van der Waals surface area (Å²) in [6, 6.07) is 2.73. The fourth-order valence-electron chi connectivity index (χ4n) is 5.62. The Hall–Kier alpha value is -2.89. The van der Waals surface area contributed by atoms with Crippen LogP contribution in [0.1, 0.15) is 67.0 Å². The van der Waals surface area contributed by atoms with Crippen LogP contribution in [-0.4, -0.2) is 62.6 Å². The van der Waals surface area contributed by atoms with Crippen molar-refractivity contribution in [2.45, 2.75) is 63.1 Å². The summed E-state index contributed by atoms with van der Waals surface area (Å²) in [5, 5.41) is 0. The predicted molar refractivity (Wildman–Crippen MR) is 146 cm³/mol. The minimum Gasteiger partial charge on any atom is -0.496 e. The average Bonchev–Trinajstić information content (AvgIpc) is 3.30. The largest absolute Gasteiger partial charge is 0.511 e. The van der Waals surface area contributed by atoms with Crippen LogP contribution in [0.4, 0.5) is 43.9 Å². The fourth-order valence-corrected chi connectivity index (χ4v) is 6.57. The second-order valence-electron chi connectivity index (χ2n) is 11.4. The number of hydrogen-bond acceptors (Lipinski definition) is 5. The van der Waals surface area contributed by atoms with E-state index in [0.717, 1.165) is 6.07 Å². The molecular formula is C29H30F10N2O4S. The summed E-state index contributed by atoms with van der Waals surface area (Å²) >= 11 is 0. The SMILES string of the molecule is COc1cc(F)c(C(C)C)cc1C1=C(CN2CO[C@H](c3cc(C(F)(F)F)cc(C(F)(F)F)c3)[C@@H]2C)CN(S(=O)(=O)C(F)(F)F)CC1. The van der Waals surface area contributed by atoms with Gasteiger partial charge in [0, 0.05) is 37.3 Å². The number of methoxy groups -OCH3 is 1. The van der Waals surface area contributed by atoms with Crippen LogP contribution in [0.25, 0.3) is 5.57 Å². The number of ether oxygens (including phenoxy) is 2. The summed E-state index contributed by atoms with van der Waals surface area (Å²) in [6.45, 7) is 2.92. The summed E-state index contributed by atoms with van der Waals surface area (Å²) in [5.41, 5.74) is -8.04. The molecule has 0 amide bonds. The highest BCUT2D eigenvalue weighted by Gasteiger charge is 2.51. The van der Waals surface area contributed by atoms with E-state index in [0.29, 0.717) is 23.3 Å². The van der Waals surface area contributed by atoms with Crippen molar-refractivity contribution < 1.29 is 61.8 Å². The van der Waals surface area contributed by atoms with Crippen LogP contribution in [0.15, 0.2) is 35.9 Å². The summed E-state index contributed by atoms with van der Waals surface area (Å²) < 4.78 is 172. The van der Waals surface area contributed by atoms with Crippen molar-refractivity contribution in [2.75, 3.05) is 33.5 Å². The molecule has 46 heavy (non-hydrogen) atoms. The van der Waals surface area contributed by atoms with Crippen LogP contribution in [-0.2, 0) is 27.1 Å². The number of hydrogen-bond donors (Lipinski definition) is 0. The lowest BCUT2D eigenvalue weighted by Gasteiger charge is -2.34. The maximum Gasteiger partial charge on any atom is 0.511 e. The normalized spacial score (nSPS) is 21.0. The third-order valence-corrected chi connectivity index (χ3v) is 9.65. The summed E-state index contributed by atoms with van der Waals surface area (Å²) in [7, 11) is -4.52. The van der Waals surface area contributed by atoms with E-state index in [1.807, 2.05) is 0 Å². The van der Waals surface area contributed by atoms with Gasteiger partial charge < -0.3 is 9.47 Å². The minimum atomic E-state index is -5.78. The van der Waals surface area contributed by atoms with Gasteiger partial charge in [0.1, 0.15) is 18.3 Å². The third kappa shape index (κ3) is 7.16. The number of rotatable bonds is 7. The van der Waals surface area contributed by atoms with E-state index in [9.17, 15) is 52.3 Å². The Balaban J connectivity index is 1.78. The molecule has 0 aliphatic carbocycles. The average molecular weight is 693 g/mol. The molecule has 2 aliphatic heterocycles.